The first-order valence-corrected chi connectivity index (χ1v) is 6.83. The first-order valence-electron chi connectivity index (χ1n) is 6.83. The van der Waals surface area contributed by atoms with E-state index in [2.05, 4.69) is 18.7 Å². The number of benzene rings is 1. The van der Waals surface area contributed by atoms with E-state index < -0.39 is 6.10 Å². The van der Waals surface area contributed by atoms with Gasteiger partial charge in [0.15, 0.2) is 0 Å². The molecular formula is C15H23ClNO3-. The Morgan fingerprint density at radius 1 is 1.25 bits per heavy atom. The summed E-state index contributed by atoms with van der Waals surface area (Å²) in [6, 6.07) is 6.00. The standard InChI is InChI=1S/C15H23NO3.ClH/c1-12-3-4-15(9-13(12)2)19-11-14(17)10-16-5-7-18-8-6-16;/h3-4,9,14,17H,5-8,10-11H2,1-2H3;1H/p-1. The second kappa shape index (κ2) is 8.47. The zero-order valence-electron chi connectivity index (χ0n) is 12.1. The first kappa shape index (κ1) is 17.2. The minimum Gasteiger partial charge on any atom is -1.00 e. The Kier molecular flexibility index (Phi) is 7.30. The molecule has 0 radical (unpaired) electrons. The molecule has 0 spiro atoms. The molecule has 0 bridgehead atoms. The van der Waals surface area contributed by atoms with E-state index >= 15 is 0 Å². The second-order valence-electron chi connectivity index (χ2n) is 5.12. The van der Waals surface area contributed by atoms with Crippen LogP contribution in [0.2, 0.25) is 0 Å². The maximum atomic E-state index is 9.98. The van der Waals surface area contributed by atoms with Crippen molar-refractivity contribution < 1.29 is 27.0 Å². The van der Waals surface area contributed by atoms with Crippen molar-refractivity contribution >= 4 is 0 Å². The van der Waals surface area contributed by atoms with Gasteiger partial charge >= 0.3 is 0 Å². The predicted molar refractivity (Wildman–Crippen MR) is 74.7 cm³/mol. The van der Waals surface area contributed by atoms with Gasteiger partial charge in [0.05, 0.1) is 13.2 Å². The highest BCUT2D eigenvalue weighted by Gasteiger charge is 2.15. The molecule has 5 heteroatoms. The van der Waals surface area contributed by atoms with Crippen molar-refractivity contribution in [3.05, 3.63) is 29.3 Å². The van der Waals surface area contributed by atoms with Crippen LogP contribution in [0.1, 0.15) is 11.1 Å². The van der Waals surface area contributed by atoms with Gasteiger partial charge in [-0.25, -0.2) is 0 Å². The molecule has 1 fully saturated rings. The van der Waals surface area contributed by atoms with Gasteiger partial charge in [-0.3, -0.25) is 4.90 Å². The molecule has 1 heterocycles. The normalized spacial score (nSPS) is 17.4. The lowest BCUT2D eigenvalue weighted by atomic mass is 10.1. The van der Waals surface area contributed by atoms with Crippen LogP contribution in [0, 0.1) is 13.8 Å². The molecule has 0 aromatic heterocycles. The number of β-amino-alcohol motifs (C(OH)–C–C–N with tert-alkyl or cyclic N) is 1. The molecule has 1 aliphatic rings. The molecule has 20 heavy (non-hydrogen) atoms. The molecule has 4 nitrogen and oxygen atoms in total. The molecular weight excluding hydrogens is 278 g/mol. The fourth-order valence-electron chi connectivity index (χ4n) is 2.13. The van der Waals surface area contributed by atoms with E-state index in [0.717, 1.165) is 32.1 Å². The number of aryl methyl sites for hydroxylation is 2. The summed E-state index contributed by atoms with van der Waals surface area (Å²) in [5, 5.41) is 9.98. The van der Waals surface area contributed by atoms with Crippen molar-refractivity contribution in [2.24, 2.45) is 0 Å². The second-order valence-corrected chi connectivity index (χ2v) is 5.12. The Hall–Kier alpha value is -0.810. The van der Waals surface area contributed by atoms with E-state index in [-0.39, 0.29) is 12.4 Å². The Bertz CT molecular complexity index is 408. The van der Waals surface area contributed by atoms with Crippen LogP contribution in [-0.4, -0.2) is 55.6 Å². The smallest absolute Gasteiger partial charge is 0.119 e. The van der Waals surface area contributed by atoms with Crippen LogP contribution in [0.25, 0.3) is 0 Å². The molecule has 0 amide bonds. The average Bonchev–Trinajstić information content (AvgIpc) is 2.41. The monoisotopic (exact) mass is 300 g/mol. The third-order valence-corrected chi connectivity index (χ3v) is 3.49. The first-order chi connectivity index (χ1) is 9.15. The lowest BCUT2D eigenvalue weighted by Gasteiger charge is -2.28. The molecule has 1 aromatic carbocycles. The Balaban J connectivity index is 0.00000200. The highest BCUT2D eigenvalue weighted by molar-refractivity contribution is 5.33. The van der Waals surface area contributed by atoms with Gasteiger partial charge in [-0.05, 0) is 37.1 Å². The van der Waals surface area contributed by atoms with Gasteiger partial charge in [0.25, 0.3) is 0 Å². The molecule has 1 atom stereocenters. The minimum atomic E-state index is -0.459. The molecule has 114 valence electrons. The minimum absolute atomic E-state index is 0. The van der Waals surface area contributed by atoms with Gasteiger partial charge in [0.2, 0.25) is 0 Å². The van der Waals surface area contributed by atoms with Crippen LogP contribution in [0.5, 0.6) is 5.75 Å². The number of morpholine rings is 1. The molecule has 1 unspecified atom stereocenters. The largest absolute Gasteiger partial charge is 1.00 e. The average molecular weight is 301 g/mol. The van der Waals surface area contributed by atoms with Crippen molar-refractivity contribution in [3.8, 4) is 5.75 Å². The molecule has 1 N–H and O–H groups in total. The molecule has 1 saturated heterocycles. The fourth-order valence-corrected chi connectivity index (χ4v) is 2.13. The van der Waals surface area contributed by atoms with Crippen molar-refractivity contribution in [1.29, 1.82) is 0 Å². The van der Waals surface area contributed by atoms with Crippen LogP contribution in [0.4, 0.5) is 0 Å². The van der Waals surface area contributed by atoms with E-state index in [4.69, 9.17) is 9.47 Å². The van der Waals surface area contributed by atoms with Gasteiger partial charge in [-0.2, -0.15) is 0 Å². The quantitative estimate of drug-likeness (QED) is 0.710. The summed E-state index contributed by atoms with van der Waals surface area (Å²) < 4.78 is 10.9. The molecule has 1 aliphatic heterocycles. The van der Waals surface area contributed by atoms with Crippen molar-refractivity contribution in [2.75, 3.05) is 39.5 Å². The summed E-state index contributed by atoms with van der Waals surface area (Å²) in [5.41, 5.74) is 2.46. The summed E-state index contributed by atoms with van der Waals surface area (Å²) >= 11 is 0. The molecule has 0 saturated carbocycles. The predicted octanol–water partition coefficient (Wildman–Crippen LogP) is -1.62. The third-order valence-electron chi connectivity index (χ3n) is 3.49. The van der Waals surface area contributed by atoms with Crippen molar-refractivity contribution in [2.45, 2.75) is 20.0 Å². The number of rotatable bonds is 5. The summed E-state index contributed by atoms with van der Waals surface area (Å²) in [5.74, 6) is 0.823. The highest BCUT2D eigenvalue weighted by atomic mass is 35.5. The SMILES string of the molecule is Cc1ccc(OCC(O)CN2CCOCC2)cc1C.[Cl-]. The van der Waals surface area contributed by atoms with Gasteiger partial charge in [-0.1, -0.05) is 6.07 Å². The number of hydrogen-bond donors (Lipinski definition) is 1. The summed E-state index contributed by atoms with van der Waals surface area (Å²) in [7, 11) is 0. The summed E-state index contributed by atoms with van der Waals surface area (Å²) in [6.07, 6.45) is -0.459. The number of halogens is 1. The number of hydrogen-bond acceptors (Lipinski definition) is 4. The van der Waals surface area contributed by atoms with Gasteiger partial charge < -0.3 is 27.0 Å². The topological polar surface area (TPSA) is 41.9 Å². The maximum Gasteiger partial charge on any atom is 0.119 e. The summed E-state index contributed by atoms with van der Waals surface area (Å²) in [6.45, 7) is 8.41. The lowest BCUT2D eigenvalue weighted by Crippen LogP contribution is -3.00. The van der Waals surface area contributed by atoms with Crippen molar-refractivity contribution in [1.82, 2.24) is 4.90 Å². The number of aliphatic hydroxyl groups excluding tert-OH is 1. The van der Waals surface area contributed by atoms with E-state index in [0.29, 0.717) is 13.2 Å². The molecule has 0 aliphatic carbocycles. The van der Waals surface area contributed by atoms with Crippen LogP contribution >= 0.6 is 0 Å². The Morgan fingerprint density at radius 2 is 1.95 bits per heavy atom. The zero-order chi connectivity index (χ0) is 13.7. The third kappa shape index (κ3) is 5.29. The zero-order valence-corrected chi connectivity index (χ0v) is 12.9. The number of aliphatic hydroxyl groups is 1. The van der Waals surface area contributed by atoms with Crippen LogP contribution in [-0.2, 0) is 4.74 Å². The Morgan fingerprint density at radius 3 is 2.60 bits per heavy atom. The van der Waals surface area contributed by atoms with Crippen LogP contribution in [0.15, 0.2) is 18.2 Å². The van der Waals surface area contributed by atoms with E-state index in [1.807, 2.05) is 18.2 Å². The van der Waals surface area contributed by atoms with Crippen molar-refractivity contribution in [3.63, 3.8) is 0 Å². The Labute approximate surface area is 127 Å². The summed E-state index contributed by atoms with van der Waals surface area (Å²) in [4.78, 5) is 2.21. The van der Waals surface area contributed by atoms with Gasteiger partial charge in [0.1, 0.15) is 18.5 Å². The van der Waals surface area contributed by atoms with Gasteiger partial charge in [0, 0.05) is 19.6 Å². The van der Waals surface area contributed by atoms with E-state index in [1.54, 1.807) is 0 Å². The number of ether oxygens (including phenoxy) is 2. The maximum absolute atomic E-state index is 9.98. The molecule has 2 rings (SSSR count). The fraction of sp³-hybridized carbons (Fsp3) is 0.600. The number of nitrogens with zero attached hydrogens (tertiary/aromatic N) is 1. The van der Waals surface area contributed by atoms with Crippen LogP contribution in [0.3, 0.4) is 0 Å². The molecule has 1 aromatic rings. The van der Waals surface area contributed by atoms with E-state index in [9.17, 15) is 5.11 Å². The van der Waals surface area contributed by atoms with E-state index in [1.165, 1.54) is 11.1 Å². The lowest BCUT2D eigenvalue weighted by molar-refractivity contribution is -0.0000334. The highest BCUT2D eigenvalue weighted by Crippen LogP contribution is 2.16. The van der Waals surface area contributed by atoms with Gasteiger partial charge in [-0.15, -0.1) is 0 Å². The van der Waals surface area contributed by atoms with Crippen LogP contribution < -0.4 is 17.1 Å².